The van der Waals surface area contributed by atoms with Crippen molar-refractivity contribution in [1.82, 2.24) is 9.97 Å². The number of ether oxygens (including phenoxy) is 1. The number of H-pyrrole nitrogens is 1. The Labute approximate surface area is 117 Å². The highest BCUT2D eigenvalue weighted by Crippen LogP contribution is 2.32. The summed E-state index contributed by atoms with van der Waals surface area (Å²) in [5.41, 5.74) is -0.389. The average molecular weight is 293 g/mol. The Hall–Kier alpha value is -2.75. The molecule has 2 aromatic rings. The van der Waals surface area contributed by atoms with Crippen LogP contribution in [0.15, 0.2) is 12.1 Å². The molecule has 1 aliphatic heterocycles. The molecule has 1 saturated heterocycles. The summed E-state index contributed by atoms with van der Waals surface area (Å²) < 4.78 is 5.23. The Balaban J connectivity index is 2.08. The second-order valence-corrected chi connectivity index (χ2v) is 4.53. The lowest BCUT2D eigenvalue weighted by atomic mass is 10.2. The van der Waals surface area contributed by atoms with E-state index in [9.17, 15) is 20.2 Å². The molecule has 3 rings (SSSR count). The van der Waals surface area contributed by atoms with Crippen molar-refractivity contribution in [2.45, 2.75) is 0 Å². The van der Waals surface area contributed by atoms with Crippen LogP contribution in [0.25, 0.3) is 11.0 Å². The Morgan fingerprint density at radius 1 is 1.14 bits per heavy atom. The summed E-state index contributed by atoms with van der Waals surface area (Å²) in [5.74, 6) is 0.531. The van der Waals surface area contributed by atoms with Gasteiger partial charge in [0.05, 0.1) is 40.2 Å². The van der Waals surface area contributed by atoms with Crippen molar-refractivity contribution < 1.29 is 14.6 Å². The maximum Gasteiger partial charge on any atom is 0.348 e. The SMILES string of the molecule is O=[N+]([O-])c1cc2nc(N3CCOCC3)[nH]c2cc1[N+](=O)[O-]. The summed E-state index contributed by atoms with van der Waals surface area (Å²) >= 11 is 0. The molecular formula is C11H11N5O5. The summed E-state index contributed by atoms with van der Waals surface area (Å²) in [7, 11) is 0. The van der Waals surface area contributed by atoms with Gasteiger partial charge in [0.15, 0.2) is 0 Å². The van der Waals surface area contributed by atoms with Gasteiger partial charge < -0.3 is 14.6 Å². The van der Waals surface area contributed by atoms with Crippen LogP contribution in [0.5, 0.6) is 0 Å². The van der Waals surface area contributed by atoms with E-state index in [4.69, 9.17) is 4.74 Å². The van der Waals surface area contributed by atoms with Crippen molar-refractivity contribution in [3.05, 3.63) is 32.4 Å². The summed E-state index contributed by atoms with van der Waals surface area (Å²) in [6, 6.07) is 2.26. The maximum atomic E-state index is 10.9. The molecule has 0 atom stereocenters. The molecule has 0 bridgehead atoms. The first-order chi connectivity index (χ1) is 10.1. The largest absolute Gasteiger partial charge is 0.378 e. The molecule has 1 N–H and O–H groups in total. The maximum absolute atomic E-state index is 10.9. The van der Waals surface area contributed by atoms with Gasteiger partial charge >= 0.3 is 11.4 Å². The molecule has 21 heavy (non-hydrogen) atoms. The number of nitrogens with one attached hydrogen (secondary N) is 1. The number of aromatic nitrogens is 2. The zero-order chi connectivity index (χ0) is 15.0. The fraction of sp³-hybridized carbons (Fsp3) is 0.364. The second kappa shape index (κ2) is 4.98. The van der Waals surface area contributed by atoms with Gasteiger partial charge in [0.25, 0.3) is 0 Å². The van der Waals surface area contributed by atoms with Gasteiger partial charge in [-0.15, -0.1) is 0 Å². The van der Waals surface area contributed by atoms with Crippen LogP contribution < -0.4 is 4.90 Å². The topological polar surface area (TPSA) is 127 Å². The van der Waals surface area contributed by atoms with Gasteiger partial charge in [-0.2, -0.15) is 0 Å². The summed E-state index contributed by atoms with van der Waals surface area (Å²) in [6.07, 6.45) is 0. The third-order valence-corrected chi connectivity index (χ3v) is 3.27. The Bertz CT molecular complexity index is 670. The van der Waals surface area contributed by atoms with Crippen LogP contribution in [-0.4, -0.2) is 46.1 Å². The van der Waals surface area contributed by atoms with Gasteiger partial charge in [0.1, 0.15) is 0 Å². The molecule has 110 valence electrons. The van der Waals surface area contributed by atoms with E-state index in [1.165, 1.54) is 0 Å². The van der Waals surface area contributed by atoms with Crippen LogP contribution in [0.1, 0.15) is 0 Å². The van der Waals surface area contributed by atoms with Crippen molar-refractivity contribution in [2.75, 3.05) is 31.2 Å². The first-order valence-corrected chi connectivity index (χ1v) is 6.21. The van der Waals surface area contributed by atoms with Crippen LogP contribution in [0, 0.1) is 20.2 Å². The number of hydrogen-bond acceptors (Lipinski definition) is 7. The predicted molar refractivity (Wildman–Crippen MR) is 72.4 cm³/mol. The minimum absolute atomic E-state index is 0.328. The summed E-state index contributed by atoms with van der Waals surface area (Å²) in [6.45, 7) is 2.42. The first-order valence-electron chi connectivity index (χ1n) is 6.21. The summed E-state index contributed by atoms with van der Waals surface area (Å²) in [5, 5.41) is 21.8. The molecule has 0 spiro atoms. The molecule has 1 aromatic carbocycles. The monoisotopic (exact) mass is 293 g/mol. The van der Waals surface area contributed by atoms with Crippen LogP contribution in [-0.2, 0) is 4.74 Å². The van der Waals surface area contributed by atoms with E-state index in [-0.39, 0.29) is 0 Å². The third kappa shape index (κ3) is 2.36. The minimum atomic E-state index is -0.777. The minimum Gasteiger partial charge on any atom is -0.378 e. The smallest absolute Gasteiger partial charge is 0.348 e. The Morgan fingerprint density at radius 3 is 2.38 bits per heavy atom. The van der Waals surface area contributed by atoms with E-state index < -0.39 is 21.2 Å². The van der Waals surface area contributed by atoms with Crippen molar-refractivity contribution in [3.8, 4) is 0 Å². The van der Waals surface area contributed by atoms with Crippen molar-refractivity contribution >= 4 is 28.4 Å². The van der Waals surface area contributed by atoms with E-state index in [2.05, 4.69) is 9.97 Å². The molecule has 0 unspecified atom stereocenters. The Morgan fingerprint density at radius 2 is 1.76 bits per heavy atom. The average Bonchev–Trinajstić information content (AvgIpc) is 2.89. The van der Waals surface area contributed by atoms with E-state index in [0.29, 0.717) is 43.3 Å². The molecule has 1 aromatic heterocycles. The van der Waals surface area contributed by atoms with Crippen molar-refractivity contribution in [1.29, 1.82) is 0 Å². The fourth-order valence-electron chi connectivity index (χ4n) is 2.24. The summed E-state index contributed by atoms with van der Waals surface area (Å²) in [4.78, 5) is 29.4. The van der Waals surface area contributed by atoms with Gasteiger partial charge in [-0.1, -0.05) is 0 Å². The second-order valence-electron chi connectivity index (χ2n) is 4.53. The number of imidazole rings is 1. The molecular weight excluding hydrogens is 282 g/mol. The quantitative estimate of drug-likeness (QED) is 0.665. The van der Waals surface area contributed by atoms with Gasteiger partial charge in [0, 0.05) is 19.2 Å². The number of hydrogen-bond donors (Lipinski definition) is 1. The lowest BCUT2D eigenvalue weighted by molar-refractivity contribution is -0.422. The van der Waals surface area contributed by atoms with E-state index >= 15 is 0 Å². The lowest BCUT2D eigenvalue weighted by Gasteiger charge is -2.26. The molecule has 10 nitrogen and oxygen atoms in total. The standard InChI is InChI=1S/C11H11N5O5/c17-15(18)9-5-7-8(6-10(9)16(19)20)13-11(12-7)14-1-3-21-4-2-14/h5-6H,1-4H2,(H,12,13). The molecule has 0 amide bonds. The van der Waals surface area contributed by atoms with Crippen LogP contribution in [0.4, 0.5) is 17.3 Å². The molecule has 10 heteroatoms. The number of morpholine rings is 1. The number of anilines is 1. The number of rotatable bonds is 3. The van der Waals surface area contributed by atoms with Crippen LogP contribution in [0.2, 0.25) is 0 Å². The van der Waals surface area contributed by atoms with Gasteiger partial charge in [-0.05, 0) is 0 Å². The number of benzene rings is 1. The van der Waals surface area contributed by atoms with E-state index in [1.807, 2.05) is 4.90 Å². The lowest BCUT2D eigenvalue weighted by Crippen LogP contribution is -2.36. The normalized spacial score (nSPS) is 15.3. The zero-order valence-corrected chi connectivity index (χ0v) is 10.8. The van der Waals surface area contributed by atoms with Crippen molar-refractivity contribution in [3.63, 3.8) is 0 Å². The highest BCUT2D eigenvalue weighted by Gasteiger charge is 2.26. The van der Waals surface area contributed by atoms with Gasteiger partial charge in [-0.25, -0.2) is 4.98 Å². The molecule has 0 aliphatic carbocycles. The van der Waals surface area contributed by atoms with Crippen molar-refractivity contribution in [2.24, 2.45) is 0 Å². The number of fused-ring (bicyclic) bond motifs is 1. The molecule has 0 saturated carbocycles. The third-order valence-electron chi connectivity index (χ3n) is 3.27. The van der Waals surface area contributed by atoms with E-state index in [1.54, 1.807) is 0 Å². The Kier molecular flexibility index (Phi) is 3.14. The molecule has 1 aliphatic rings. The number of nitro groups is 2. The molecule has 0 radical (unpaired) electrons. The highest BCUT2D eigenvalue weighted by molar-refractivity contribution is 5.84. The fourth-order valence-corrected chi connectivity index (χ4v) is 2.24. The van der Waals surface area contributed by atoms with E-state index in [0.717, 1.165) is 12.1 Å². The van der Waals surface area contributed by atoms with Crippen LogP contribution >= 0.6 is 0 Å². The first kappa shape index (κ1) is 13.2. The number of nitro benzene ring substituents is 2. The molecule has 1 fully saturated rings. The van der Waals surface area contributed by atoms with Crippen LogP contribution in [0.3, 0.4) is 0 Å². The predicted octanol–water partition coefficient (Wildman–Crippen LogP) is 1.22. The van der Waals surface area contributed by atoms with Gasteiger partial charge in [0.2, 0.25) is 5.95 Å². The highest BCUT2D eigenvalue weighted by atomic mass is 16.6. The zero-order valence-electron chi connectivity index (χ0n) is 10.8. The number of aromatic amines is 1. The van der Waals surface area contributed by atoms with Gasteiger partial charge in [-0.3, -0.25) is 20.2 Å². The molecule has 2 heterocycles. The number of nitrogens with zero attached hydrogens (tertiary/aromatic N) is 4.